The van der Waals surface area contributed by atoms with Crippen molar-refractivity contribution in [1.29, 1.82) is 0 Å². The number of piperazine rings is 1. The Kier molecular flexibility index (Phi) is 7.13. The van der Waals surface area contributed by atoms with Gasteiger partial charge in [-0.15, -0.1) is 0 Å². The van der Waals surface area contributed by atoms with Crippen molar-refractivity contribution in [1.82, 2.24) is 9.88 Å². The van der Waals surface area contributed by atoms with Gasteiger partial charge in [0.1, 0.15) is 5.82 Å². The van der Waals surface area contributed by atoms with Gasteiger partial charge in [-0.05, 0) is 41.8 Å². The molecule has 5 nitrogen and oxygen atoms in total. The molecular formula is C25H31N3O2S. The minimum atomic E-state index is -3.18. The number of sulfone groups is 1. The molecule has 0 radical (unpaired) electrons. The van der Waals surface area contributed by atoms with Crippen LogP contribution in [0.1, 0.15) is 25.6 Å². The maximum Gasteiger partial charge on any atom is 0.175 e. The first-order valence-corrected chi connectivity index (χ1v) is 12.2. The van der Waals surface area contributed by atoms with Gasteiger partial charge in [-0.25, -0.2) is 13.4 Å². The van der Waals surface area contributed by atoms with E-state index in [9.17, 15) is 8.42 Å². The zero-order chi connectivity index (χ0) is 21.1. The zero-order valence-electron chi connectivity index (χ0n) is 17.5. The summed E-state index contributed by atoms with van der Waals surface area (Å²) < 4.78 is 23.3. The quantitative estimate of drug-likeness (QED) is 0.584. The maximum absolute atomic E-state index is 11.6. The lowest BCUT2D eigenvalue weighted by Crippen LogP contribution is -2.46. The third-order valence-corrected chi connectivity index (χ3v) is 6.74. The second-order valence-corrected chi connectivity index (χ2v) is 9.70. The van der Waals surface area contributed by atoms with E-state index in [-0.39, 0.29) is 7.43 Å². The molecule has 1 saturated heterocycles. The number of nitrogens with zero attached hydrogens (tertiary/aromatic N) is 3. The van der Waals surface area contributed by atoms with Crippen LogP contribution in [0, 0.1) is 0 Å². The van der Waals surface area contributed by atoms with Crippen molar-refractivity contribution < 1.29 is 8.42 Å². The first-order chi connectivity index (χ1) is 14.4. The Balaban J connectivity index is 0.00000272. The highest BCUT2D eigenvalue weighted by molar-refractivity contribution is 7.90. The van der Waals surface area contributed by atoms with Gasteiger partial charge in [0, 0.05) is 37.8 Å². The number of rotatable bonds is 5. The van der Waals surface area contributed by atoms with E-state index in [2.05, 4.69) is 47.1 Å². The fourth-order valence-corrected chi connectivity index (χ4v) is 4.44. The van der Waals surface area contributed by atoms with E-state index in [0.29, 0.717) is 4.90 Å². The summed E-state index contributed by atoms with van der Waals surface area (Å²) in [5, 5.41) is 2.35. The van der Waals surface area contributed by atoms with Crippen molar-refractivity contribution in [2.75, 3.05) is 43.9 Å². The molecule has 0 amide bonds. The molecule has 0 bridgehead atoms. The Hall–Kier alpha value is -2.70. The third kappa shape index (κ3) is 5.32. The highest BCUT2D eigenvalue weighted by Gasteiger charge is 2.19. The van der Waals surface area contributed by atoms with Gasteiger partial charge < -0.3 is 9.80 Å². The fraction of sp³-hybridized carbons (Fsp3) is 0.320. The standard InChI is InChI=1S/C24H27N3O2S.CH4/c1-3-26-14-16-27(17-15-26)24-23-7-5-4-6-20(23)18-21(25-24)11-8-19-9-12-22(13-10-19)30(2,28)29;/h4-13,18H,3,14-17H2,1-2H3;1H4/b11-8+;. The highest BCUT2D eigenvalue weighted by Crippen LogP contribution is 2.27. The van der Waals surface area contributed by atoms with Gasteiger partial charge in [0.25, 0.3) is 0 Å². The number of likely N-dealkylation sites (N-methyl/N-ethyl adjacent to an activating group) is 1. The predicted molar refractivity (Wildman–Crippen MR) is 131 cm³/mol. The van der Waals surface area contributed by atoms with Crippen molar-refractivity contribution in [3.8, 4) is 0 Å². The van der Waals surface area contributed by atoms with Crippen LogP contribution in [0.4, 0.5) is 5.82 Å². The molecule has 3 aromatic rings. The predicted octanol–water partition coefficient (Wildman–Crippen LogP) is 4.59. The molecule has 2 heterocycles. The monoisotopic (exact) mass is 437 g/mol. The number of fused-ring (bicyclic) bond motifs is 1. The summed E-state index contributed by atoms with van der Waals surface area (Å²) in [5.41, 5.74) is 1.84. The lowest BCUT2D eigenvalue weighted by atomic mass is 10.1. The minimum Gasteiger partial charge on any atom is -0.354 e. The number of hydrogen-bond donors (Lipinski definition) is 0. The van der Waals surface area contributed by atoms with E-state index in [4.69, 9.17) is 4.98 Å². The van der Waals surface area contributed by atoms with Gasteiger partial charge in [0.2, 0.25) is 0 Å². The van der Waals surface area contributed by atoms with E-state index in [1.165, 1.54) is 17.0 Å². The molecule has 1 fully saturated rings. The van der Waals surface area contributed by atoms with Crippen LogP contribution < -0.4 is 4.90 Å². The summed E-state index contributed by atoms with van der Waals surface area (Å²) in [7, 11) is -3.18. The Morgan fingerprint density at radius 3 is 2.29 bits per heavy atom. The second kappa shape index (κ2) is 9.62. The van der Waals surface area contributed by atoms with Crippen molar-refractivity contribution >= 4 is 38.6 Å². The largest absolute Gasteiger partial charge is 0.354 e. The third-order valence-electron chi connectivity index (χ3n) is 5.61. The Labute approximate surface area is 185 Å². The van der Waals surface area contributed by atoms with E-state index >= 15 is 0 Å². The molecule has 1 aromatic heterocycles. The van der Waals surface area contributed by atoms with Gasteiger partial charge in [-0.1, -0.05) is 56.8 Å². The molecule has 164 valence electrons. The lowest BCUT2D eigenvalue weighted by Gasteiger charge is -2.35. The van der Waals surface area contributed by atoms with Gasteiger partial charge in [0.15, 0.2) is 9.84 Å². The number of hydrogen-bond acceptors (Lipinski definition) is 5. The van der Waals surface area contributed by atoms with Crippen molar-refractivity contribution in [2.24, 2.45) is 0 Å². The smallest absolute Gasteiger partial charge is 0.175 e. The van der Waals surface area contributed by atoms with Gasteiger partial charge in [0.05, 0.1) is 10.6 Å². The summed E-state index contributed by atoms with van der Waals surface area (Å²) in [6, 6.07) is 17.4. The number of anilines is 1. The van der Waals surface area contributed by atoms with Crippen molar-refractivity contribution in [3.05, 3.63) is 65.9 Å². The summed E-state index contributed by atoms with van der Waals surface area (Å²) in [6.45, 7) is 7.36. The van der Waals surface area contributed by atoms with Crippen LogP contribution in [-0.2, 0) is 9.84 Å². The second-order valence-electron chi connectivity index (χ2n) is 7.69. The van der Waals surface area contributed by atoms with Gasteiger partial charge in [-0.3, -0.25) is 0 Å². The molecule has 31 heavy (non-hydrogen) atoms. The normalized spacial score (nSPS) is 15.4. The van der Waals surface area contributed by atoms with Crippen LogP contribution in [0.25, 0.3) is 22.9 Å². The molecule has 0 atom stereocenters. The van der Waals surface area contributed by atoms with E-state index < -0.39 is 9.84 Å². The molecule has 6 heteroatoms. The maximum atomic E-state index is 11.6. The topological polar surface area (TPSA) is 53.5 Å². The summed E-state index contributed by atoms with van der Waals surface area (Å²) in [4.78, 5) is 10.1. The molecule has 0 aliphatic carbocycles. The number of benzene rings is 2. The average Bonchev–Trinajstić information content (AvgIpc) is 2.77. The van der Waals surface area contributed by atoms with Gasteiger partial charge >= 0.3 is 0 Å². The molecule has 1 aliphatic heterocycles. The van der Waals surface area contributed by atoms with Crippen LogP contribution in [0.15, 0.2) is 59.5 Å². The Morgan fingerprint density at radius 2 is 1.65 bits per heavy atom. The Bertz CT molecular complexity index is 1160. The molecule has 0 spiro atoms. The molecule has 0 N–H and O–H groups in total. The molecule has 0 unspecified atom stereocenters. The summed E-state index contributed by atoms with van der Waals surface area (Å²) in [6.07, 6.45) is 5.19. The van der Waals surface area contributed by atoms with Crippen LogP contribution >= 0.6 is 0 Å². The molecule has 4 rings (SSSR count). The molecule has 1 aliphatic rings. The first-order valence-electron chi connectivity index (χ1n) is 10.3. The zero-order valence-corrected chi connectivity index (χ0v) is 18.3. The van der Waals surface area contributed by atoms with Gasteiger partial charge in [-0.2, -0.15) is 0 Å². The van der Waals surface area contributed by atoms with E-state index in [1.54, 1.807) is 12.1 Å². The molecular weight excluding hydrogens is 406 g/mol. The van der Waals surface area contributed by atoms with Crippen molar-refractivity contribution in [3.63, 3.8) is 0 Å². The highest BCUT2D eigenvalue weighted by atomic mass is 32.2. The first kappa shape index (κ1) is 23.0. The van der Waals surface area contributed by atoms with Crippen LogP contribution in [-0.4, -0.2) is 57.3 Å². The van der Waals surface area contributed by atoms with Crippen molar-refractivity contribution in [2.45, 2.75) is 19.2 Å². The SMILES string of the molecule is C.CCN1CCN(c2nc(/C=C/c3ccc(S(C)(=O)=O)cc3)cc3ccccc23)CC1. The lowest BCUT2D eigenvalue weighted by molar-refractivity contribution is 0.271. The minimum absolute atomic E-state index is 0. The summed E-state index contributed by atoms with van der Waals surface area (Å²) in [5.74, 6) is 1.04. The summed E-state index contributed by atoms with van der Waals surface area (Å²) >= 11 is 0. The van der Waals surface area contributed by atoms with E-state index in [1.807, 2.05) is 24.3 Å². The van der Waals surface area contributed by atoms with Crippen LogP contribution in [0.5, 0.6) is 0 Å². The van der Waals surface area contributed by atoms with E-state index in [0.717, 1.165) is 49.8 Å². The fourth-order valence-electron chi connectivity index (χ4n) is 3.81. The van der Waals surface area contributed by atoms with Crippen LogP contribution in [0.2, 0.25) is 0 Å². The number of aromatic nitrogens is 1. The molecule has 0 saturated carbocycles. The number of pyridine rings is 1. The Morgan fingerprint density at radius 1 is 0.968 bits per heavy atom. The average molecular weight is 438 g/mol. The van der Waals surface area contributed by atoms with Crippen LogP contribution in [0.3, 0.4) is 0 Å². The molecule has 2 aromatic carbocycles.